The predicted molar refractivity (Wildman–Crippen MR) is 162 cm³/mol. The number of fused-ring (bicyclic) bond motifs is 1. The first kappa shape index (κ1) is 36.0. The number of nitrogen functional groups attached to an aromatic ring is 1. The Morgan fingerprint density at radius 1 is 1.07 bits per heavy atom. The van der Waals surface area contributed by atoms with Gasteiger partial charge in [0.15, 0.2) is 11.5 Å². The van der Waals surface area contributed by atoms with Crippen LogP contribution in [0.25, 0.3) is 11.2 Å². The third-order valence-electron chi connectivity index (χ3n) is 5.97. The van der Waals surface area contributed by atoms with Crippen LogP contribution in [-0.4, -0.2) is 69.1 Å². The Hall–Kier alpha value is -1.89. The average Bonchev–Trinajstić information content (AvgIpc) is 3.53. The first-order valence-electron chi connectivity index (χ1n) is 12.9. The average molecular weight is 730 g/mol. The lowest BCUT2D eigenvalue weighted by Gasteiger charge is -2.22. The summed E-state index contributed by atoms with van der Waals surface area (Å²) in [5.74, 6) is -0.615. The van der Waals surface area contributed by atoms with E-state index in [1.807, 2.05) is 20.8 Å². The van der Waals surface area contributed by atoms with Gasteiger partial charge in [0.1, 0.15) is 30.3 Å². The Morgan fingerprint density at radius 3 is 2.47 bits per heavy atom. The second-order valence-corrected chi connectivity index (χ2v) is 17.4. The fourth-order valence-electron chi connectivity index (χ4n) is 4.18. The molecule has 248 valence electrons. The van der Waals surface area contributed by atoms with Crippen LogP contribution in [0, 0.1) is 0 Å². The van der Waals surface area contributed by atoms with Crippen LogP contribution < -0.4 is 5.73 Å². The van der Waals surface area contributed by atoms with Gasteiger partial charge < -0.3 is 34.8 Å². The monoisotopic (exact) mass is 729 g/mol. The molecule has 2 aromatic heterocycles. The van der Waals surface area contributed by atoms with Crippen LogP contribution in [0.2, 0.25) is 0 Å². The Morgan fingerprint density at radius 2 is 1.78 bits per heavy atom. The number of benzene rings is 1. The van der Waals surface area contributed by atoms with Crippen molar-refractivity contribution in [2.24, 2.45) is 0 Å². The summed E-state index contributed by atoms with van der Waals surface area (Å²) in [7, 11) is -13.6. The molecule has 0 amide bonds. The highest BCUT2D eigenvalue weighted by atomic mass is 33.1. The van der Waals surface area contributed by atoms with E-state index in [-0.39, 0.29) is 34.2 Å². The van der Waals surface area contributed by atoms with E-state index < -0.39 is 54.5 Å². The van der Waals surface area contributed by atoms with Crippen LogP contribution >= 0.6 is 45.1 Å². The van der Waals surface area contributed by atoms with Gasteiger partial charge in [-0.1, -0.05) is 53.6 Å². The molecular weight excluding hydrogens is 699 g/mol. The predicted octanol–water partition coefficient (Wildman–Crippen LogP) is 4.12. The van der Waals surface area contributed by atoms with E-state index in [4.69, 9.17) is 29.5 Å². The van der Waals surface area contributed by atoms with Crippen molar-refractivity contribution in [3.05, 3.63) is 48.0 Å². The number of aromatic nitrogens is 4. The lowest BCUT2D eigenvalue weighted by Crippen LogP contribution is -2.31. The van der Waals surface area contributed by atoms with Crippen LogP contribution in [0.15, 0.2) is 36.9 Å². The Balaban J connectivity index is 1.57. The number of nitrogens with zero attached hydrogens (tertiary/aromatic N) is 4. The van der Waals surface area contributed by atoms with Gasteiger partial charge in [0, 0.05) is 16.9 Å². The highest BCUT2D eigenvalue weighted by Gasteiger charge is 2.44. The number of imidazole rings is 1. The van der Waals surface area contributed by atoms with E-state index in [1.54, 1.807) is 45.9 Å². The van der Waals surface area contributed by atoms with Crippen LogP contribution in [-0.2, 0) is 36.3 Å². The van der Waals surface area contributed by atoms with E-state index in [9.17, 15) is 28.3 Å². The Bertz CT molecular complexity index is 1670. The van der Waals surface area contributed by atoms with Crippen LogP contribution in [0.3, 0.4) is 0 Å². The van der Waals surface area contributed by atoms with E-state index in [1.165, 1.54) is 17.2 Å². The molecule has 4 unspecified atom stereocenters. The molecule has 0 spiro atoms. The van der Waals surface area contributed by atoms with Gasteiger partial charge >= 0.3 is 29.4 Å². The normalized spacial score (nSPS) is 22.3. The highest BCUT2D eigenvalue weighted by Crippen LogP contribution is 2.66. The number of carbonyl (C=O) groups excluding carboxylic acids is 1. The molecule has 0 radical (unpaired) electrons. The lowest BCUT2D eigenvalue weighted by molar-refractivity contribution is -0.0490. The molecule has 1 aliphatic heterocycles. The summed E-state index contributed by atoms with van der Waals surface area (Å²) in [4.78, 5) is 62.7. The molecule has 6 atom stereocenters. The molecule has 0 aliphatic carbocycles. The lowest BCUT2D eigenvalue weighted by atomic mass is 10.0. The summed E-state index contributed by atoms with van der Waals surface area (Å²) in [6.07, 6.45) is -0.749. The van der Waals surface area contributed by atoms with Crippen molar-refractivity contribution in [3.8, 4) is 0 Å². The largest absolute Gasteiger partial charge is 0.490 e. The van der Waals surface area contributed by atoms with Gasteiger partial charge in [-0.2, -0.15) is 8.62 Å². The molecule has 23 heteroatoms. The maximum Gasteiger partial charge on any atom is 0.490 e. The summed E-state index contributed by atoms with van der Waals surface area (Å²) in [6.45, 7) is 5.20. The molecule has 1 aromatic carbocycles. The number of hydrogen-bond donors (Lipinski definition) is 5. The maximum atomic E-state index is 13.5. The summed E-state index contributed by atoms with van der Waals surface area (Å²) in [6, 6.07) is 6.88. The fourth-order valence-corrected chi connectivity index (χ4v) is 9.39. The number of nitrogens with two attached hydrogens (primary N) is 1. The number of rotatable bonds is 14. The Kier molecular flexibility index (Phi) is 11.6. The first-order valence-corrected chi connectivity index (χ1v) is 19.7. The van der Waals surface area contributed by atoms with Crippen molar-refractivity contribution in [2.45, 2.75) is 56.1 Å². The van der Waals surface area contributed by atoms with Crippen molar-refractivity contribution in [3.63, 3.8) is 0 Å². The number of hydrogen-bond acceptors (Lipinski definition) is 15. The van der Waals surface area contributed by atoms with E-state index >= 15 is 0 Å². The number of esters is 1. The van der Waals surface area contributed by atoms with E-state index in [2.05, 4.69) is 23.6 Å². The molecule has 3 aromatic rings. The number of anilines is 1. The molecule has 0 saturated carbocycles. The zero-order chi connectivity index (χ0) is 33.2. The molecule has 3 heterocycles. The molecule has 45 heavy (non-hydrogen) atoms. The van der Waals surface area contributed by atoms with Crippen molar-refractivity contribution < 1.29 is 60.7 Å². The summed E-state index contributed by atoms with van der Waals surface area (Å²) >= 11 is 0. The molecule has 1 saturated heterocycles. The summed E-state index contributed by atoms with van der Waals surface area (Å²) in [5.41, 5.74) is 7.43. The van der Waals surface area contributed by atoms with Crippen LogP contribution in [0.1, 0.15) is 54.6 Å². The van der Waals surface area contributed by atoms with E-state index in [0.717, 1.165) is 0 Å². The molecule has 6 N–H and O–H groups in total. The minimum Gasteiger partial charge on any atom is -0.456 e. The standard InChI is InChI=1S/C22H30N5O13P3S2/c1-12(2)44-45-13(3)14-6-4-5-7-15(14)22(28)38-16-8-18(27-11-26-19-20(23)24-10-25-21(19)27)37-17(16)9-36-42(32,33)40-43(34,35)39-41(29,30)31/h4-7,10-13,16-18H,8-9H2,1-3H3,(H,32,33)(H,34,35)(H2,23,24,25)(H2,29,30,31)/t13?,16?,17-,18-/m1/s1. The van der Waals surface area contributed by atoms with Crippen LogP contribution in [0.4, 0.5) is 5.82 Å². The number of phosphoric acid groups is 3. The van der Waals surface area contributed by atoms with Crippen LogP contribution in [0.5, 0.6) is 0 Å². The topological polar surface area (TPSA) is 265 Å². The zero-order valence-corrected chi connectivity index (χ0v) is 28.1. The van der Waals surface area contributed by atoms with Gasteiger partial charge in [0.05, 0.1) is 18.5 Å². The minimum atomic E-state index is -5.76. The van der Waals surface area contributed by atoms with Crippen molar-refractivity contribution in [1.82, 2.24) is 19.5 Å². The van der Waals surface area contributed by atoms with Crippen molar-refractivity contribution in [1.29, 1.82) is 0 Å². The quantitative estimate of drug-likeness (QED) is 0.0887. The summed E-state index contributed by atoms with van der Waals surface area (Å²) in [5, 5.41) is 0.261. The van der Waals surface area contributed by atoms with Gasteiger partial charge in [0.25, 0.3) is 0 Å². The van der Waals surface area contributed by atoms with Gasteiger partial charge in [0.2, 0.25) is 0 Å². The van der Waals surface area contributed by atoms with Gasteiger partial charge in [-0.3, -0.25) is 9.09 Å². The van der Waals surface area contributed by atoms with E-state index in [0.29, 0.717) is 10.8 Å². The third-order valence-corrected chi connectivity index (χ3v) is 13.2. The second kappa shape index (κ2) is 14.5. The smallest absolute Gasteiger partial charge is 0.456 e. The molecule has 4 rings (SSSR count). The third kappa shape index (κ3) is 9.81. The number of carbonyl (C=O) groups is 1. The summed E-state index contributed by atoms with van der Waals surface area (Å²) < 4.78 is 60.7. The fraction of sp³-hybridized carbons (Fsp3) is 0.455. The SMILES string of the molecule is CC(C)SSC(C)c1ccccc1C(=O)OC1C[C@H](n2cnc3c(N)ncnc32)O[C@@H]1COP(=O)(O)OP(=O)(O)OP(=O)(O)O. The first-order chi connectivity index (χ1) is 20.9. The van der Waals surface area contributed by atoms with Gasteiger partial charge in [-0.05, 0) is 18.6 Å². The molecule has 18 nitrogen and oxygen atoms in total. The molecular formula is C22H30N5O13P3S2. The number of phosphoric ester groups is 1. The molecule has 1 aliphatic rings. The van der Waals surface area contributed by atoms with Gasteiger partial charge in [-0.15, -0.1) is 0 Å². The van der Waals surface area contributed by atoms with Gasteiger partial charge in [-0.25, -0.2) is 33.4 Å². The second-order valence-electron chi connectivity index (χ2n) is 9.75. The zero-order valence-electron chi connectivity index (χ0n) is 23.8. The van der Waals surface area contributed by atoms with Crippen molar-refractivity contribution in [2.75, 3.05) is 12.3 Å². The molecule has 0 bridgehead atoms. The molecule has 1 fully saturated rings. The number of ether oxygens (including phenoxy) is 2. The van der Waals surface area contributed by atoms with Crippen molar-refractivity contribution >= 4 is 68.0 Å². The Labute approximate surface area is 264 Å². The highest BCUT2D eigenvalue weighted by molar-refractivity contribution is 8.77. The maximum absolute atomic E-state index is 13.5. The minimum absolute atomic E-state index is 0.0266.